The zero-order valence-corrected chi connectivity index (χ0v) is 14.0. The number of carbonyl (C=O) groups excluding carboxylic acids is 1. The number of hydrogen-bond acceptors (Lipinski definition) is 5. The maximum atomic E-state index is 12.7. The Balaban J connectivity index is 1.44. The quantitative estimate of drug-likeness (QED) is 0.865. The number of fused-ring (bicyclic) bond motifs is 2. The standard InChI is InChI=1S/C18H24N2O4/c1-11-8-16-17(24-7-6-23-16)10-13(11)20-18(21)12-2-3-15-14(9-12)19-4-5-22-15/h8,10,12,14-15,19H,2-7,9H2,1H3,(H,20,21)/t12-,14+,15+/m0/s1. The molecule has 1 saturated carbocycles. The average molecular weight is 332 g/mol. The van der Waals surface area contributed by atoms with Crippen molar-refractivity contribution in [3.05, 3.63) is 17.7 Å². The molecular weight excluding hydrogens is 308 g/mol. The van der Waals surface area contributed by atoms with E-state index in [1.807, 2.05) is 19.1 Å². The maximum absolute atomic E-state index is 12.7. The molecule has 1 aromatic rings. The fourth-order valence-corrected chi connectivity index (χ4v) is 3.81. The minimum Gasteiger partial charge on any atom is -0.486 e. The largest absolute Gasteiger partial charge is 0.486 e. The molecule has 0 spiro atoms. The van der Waals surface area contributed by atoms with Gasteiger partial charge in [0.05, 0.1) is 12.7 Å². The summed E-state index contributed by atoms with van der Waals surface area (Å²) in [6.07, 6.45) is 2.91. The van der Waals surface area contributed by atoms with E-state index in [-0.39, 0.29) is 17.9 Å². The zero-order chi connectivity index (χ0) is 16.5. The van der Waals surface area contributed by atoms with Crippen molar-refractivity contribution in [3.8, 4) is 11.5 Å². The Bertz CT molecular complexity index is 634. The van der Waals surface area contributed by atoms with E-state index in [2.05, 4.69) is 10.6 Å². The van der Waals surface area contributed by atoms with Crippen LogP contribution in [0.3, 0.4) is 0 Å². The van der Waals surface area contributed by atoms with E-state index in [0.717, 1.165) is 49.4 Å². The van der Waals surface area contributed by atoms with Gasteiger partial charge in [-0.1, -0.05) is 0 Å². The van der Waals surface area contributed by atoms with E-state index in [1.165, 1.54) is 0 Å². The lowest BCUT2D eigenvalue weighted by Crippen LogP contribution is -2.52. The van der Waals surface area contributed by atoms with Gasteiger partial charge in [-0.3, -0.25) is 4.79 Å². The van der Waals surface area contributed by atoms with E-state index >= 15 is 0 Å². The van der Waals surface area contributed by atoms with Crippen molar-refractivity contribution in [2.75, 3.05) is 31.7 Å². The first-order valence-electron chi connectivity index (χ1n) is 8.77. The predicted molar refractivity (Wildman–Crippen MR) is 89.7 cm³/mol. The number of amides is 1. The van der Waals surface area contributed by atoms with Crippen molar-refractivity contribution in [1.29, 1.82) is 0 Å². The highest BCUT2D eigenvalue weighted by atomic mass is 16.6. The van der Waals surface area contributed by atoms with Gasteiger partial charge in [-0.05, 0) is 37.8 Å². The SMILES string of the molecule is Cc1cc2c(cc1NC(=O)[C@H]1CC[C@H]3OCCN[C@@H]3C1)OCCO2. The van der Waals surface area contributed by atoms with Crippen molar-refractivity contribution < 1.29 is 19.0 Å². The Kier molecular flexibility index (Phi) is 4.33. The molecule has 0 unspecified atom stereocenters. The molecule has 6 heteroatoms. The monoisotopic (exact) mass is 332 g/mol. The Morgan fingerprint density at radius 3 is 2.79 bits per heavy atom. The first-order valence-corrected chi connectivity index (χ1v) is 8.77. The maximum Gasteiger partial charge on any atom is 0.227 e. The summed E-state index contributed by atoms with van der Waals surface area (Å²) in [5.74, 6) is 1.56. The molecule has 1 saturated heterocycles. The molecule has 2 N–H and O–H groups in total. The average Bonchev–Trinajstić information content (AvgIpc) is 2.62. The Hall–Kier alpha value is -1.79. The van der Waals surface area contributed by atoms with E-state index < -0.39 is 0 Å². The van der Waals surface area contributed by atoms with Gasteiger partial charge in [0, 0.05) is 30.3 Å². The van der Waals surface area contributed by atoms with Gasteiger partial charge in [-0.15, -0.1) is 0 Å². The Morgan fingerprint density at radius 2 is 1.96 bits per heavy atom. The molecule has 2 aliphatic heterocycles. The molecule has 1 aromatic carbocycles. The second-order valence-corrected chi connectivity index (χ2v) is 6.78. The molecule has 2 heterocycles. The van der Waals surface area contributed by atoms with Crippen LogP contribution in [0.25, 0.3) is 0 Å². The van der Waals surface area contributed by atoms with Gasteiger partial charge in [-0.25, -0.2) is 0 Å². The van der Waals surface area contributed by atoms with Crippen LogP contribution in [0.4, 0.5) is 5.69 Å². The minimum atomic E-state index is 0.0213. The number of nitrogens with one attached hydrogen (secondary N) is 2. The Morgan fingerprint density at radius 1 is 1.17 bits per heavy atom. The normalized spacial score (nSPS) is 28.8. The third-order valence-electron chi connectivity index (χ3n) is 5.15. The van der Waals surface area contributed by atoms with Gasteiger partial charge in [-0.2, -0.15) is 0 Å². The number of rotatable bonds is 2. The summed E-state index contributed by atoms with van der Waals surface area (Å²) in [4.78, 5) is 12.7. The smallest absolute Gasteiger partial charge is 0.227 e. The molecule has 0 bridgehead atoms. The molecule has 6 nitrogen and oxygen atoms in total. The van der Waals surface area contributed by atoms with Crippen LogP contribution in [0, 0.1) is 12.8 Å². The van der Waals surface area contributed by atoms with Gasteiger partial charge in [0.25, 0.3) is 0 Å². The Labute approximate surface area is 141 Å². The van der Waals surface area contributed by atoms with Gasteiger partial charge in [0.15, 0.2) is 11.5 Å². The van der Waals surface area contributed by atoms with Crippen molar-refractivity contribution in [2.45, 2.75) is 38.3 Å². The van der Waals surface area contributed by atoms with Crippen LogP contribution < -0.4 is 20.1 Å². The lowest BCUT2D eigenvalue weighted by Gasteiger charge is -2.39. The summed E-state index contributed by atoms with van der Waals surface area (Å²) in [6.45, 7) is 4.73. The fourth-order valence-electron chi connectivity index (χ4n) is 3.81. The van der Waals surface area contributed by atoms with Gasteiger partial charge in [0.2, 0.25) is 5.91 Å². The molecule has 2 fully saturated rings. The van der Waals surface area contributed by atoms with E-state index in [9.17, 15) is 4.79 Å². The molecule has 3 aliphatic rings. The minimum absolute atomic E-state index is 0.0213. The second-order valence-electron chi connectivity index (χ2n) is 6.78. The van der Waals surface area contributed by atoms with E-state index in [1.54, 1.807) is 0 Å². The van der Waals surface area contributed by atoms with Crippen molar-refractivity contribution in [3.63, 3.8) is 0 Å². The molecule has 0 aromatic heterocycles. The molecule has 1 aliphatic carbocycles. The van der Waals surface area contributed by atoms with Crippen LogP contribution in [0.15, 0.2) is 12.1 Å². The highest BCUT2D eigenvalue weighted by molar-refractivity contribution is 5.93. The first-order chi connectivity index (χ1) is 11.7. The van der Waals surface area contributed by atoms with Gasteiger partial charge in [0.1, 0.15) is 13.2 Å². The topological polar surface area (TPSA) is 68.8 Å². The van der Waals surface area contributed by atoms with Crippen LogP contribution in [-0.2, 0) is 9.53 Å². The summed E-state index contributed by atoms with van der Waals surface area (Å²) in [5, 5.41) is 6.56. The molecular formula is C18H24N2O4. The summed E-state index contributed by atoms with van der Waals surface area (Å²) in [5.41, 5.74) is 1.79. The summed E-state index contributed by atoms with van der Waals surface area (Å²) in [7, 11) is 0. The third-order valence-corrected chi connectivity index (χ3v) is 5.15. The van der Waals surface area contributed by atoms with Crippen molar-refractivity contribution >= 4 is 11.6 Å². The van der Waals surface area contributed by atoms with Crippen molar-refractivity contribution in [1.82, 2.24) is 5.32 Å². The van der Waals surface area contributed by atoms with Crippen LogP contribution in [0.2, 0.25) is 0 Å². The van der Waals surface area contributed by atoms with Crippen LogP contribution in [-0.4, -0.2) is 44.4 Å². The molecule has 1 amide bonds. The number of benzene rings is 1. The molecule has 0 radical (unpaired) electrons. The first kappa shape index (κ1) is 15.7. The number of carbonyl (C=O) groups is 1. The number of aryl methyl sites for hydroxylation is 1. The van der Waals surface area contributed by atoms with Crippen molar-refractivity contribution in [2.24, 2.45) is 5.92 Å². The highest BCUT2D eigenvalue weighted by Gasteiger charge is 2.36. The molecule has 130 valence electrons. The number of anilines is 1. The second kappa shape index (κ2) is 6.61. The number of hydrogen-bond donors (Lipinski definition) is 2. The summed E-state index contributed by atoms with van der Waals surface area (Å²) >= 11 is 0. The number of morpholine rings is 1. The number of ether oxygens (including phenoxy) is 3. The summed E-state index contributed by atoms with van der Waals surface area (Å²) in [6, 6.07) is 4.09. The molecule has 4 rings (SSSR count). The zero-order valence-electron chi connectivity index (χ0n) is 14.0. The van der Waals surface area contributed by atoms with Crippen LogP contribution >= 0.6 is 0 Å². The van der Waals surface area contributed by atoms with Gasteiger partial charge < -0.3 is 24.8 Å². The third kappa shape index (κ3) is 3.08. The van der Waals surface area contributed by atoms with Crippen LogP contribution in [0.5, 0.6) is 11.5 Å². The lowest BCUT2D eigenvalue weighted by atomic mass is 9.82. The highest BCUT2D eigenvalue weighted by Crippen LogP contribution is 2.36. The molecule has 24 heavy (non-hydrogen) atoms. The fraction of sp³-hybridized carbons (Fsp3) is 0.611. The van der Waals surface area contributed by atoms with E-state index in [4.69, 9.17) is 14.2 Å². The van der Waals surface area contributed by atoms with E-state index in [0.29, 0.717) is 25.0 Å². The van der Waals surface area contributed by atoms with Crippen LogP contribution in [0.1, 0.15) is 24.8 Å². The lowest BCUT2D eigenvalue weighted by molar-refractivity contribution is -0.123. The molecule has 3 atom stereocenters. The summed E-state index contributed by atoms with van der Waals surface area (Å²) < 4.78 is 17.0. The van der Waals surface area contributed by atoms with Gasteiger partial charge >= 0.3 is 0 Å². The predicted octanol–water partition coefficient (Wildman–Crippen LogP) is 1.86.